The van der Waals surface area contributed by atoms with Gasteiger partial charge in [-0.3, -0.25) is 14.5 Å². The highest BCUT2D eigenvalue weighted by molar-refractivity contribution is 14.1. The largest absolute Gasteiger partial charge is 0.332 e. The molecule has 0 aromatic heterocycles. The number of benzene rings is 3. The van der Waals surface area contributed by atoms with Gasteiger partial charge in [-0.05, 0) is 76.8 Å². The van der Waals surface area contributed by atoms with Gasteiger partial charge in [0.15, 0.2) is 5.11 Å². The van der Waals surface area contributed by atoms with E-state index in [1.54, 1.807) is 0 Å². The third-order valence-electron chi connectivity index (χ3n) is 5.04. The first-order chi connectivity index (χ1) is 15.0. The zero-order valence-electron chi connectivity index (χ0n) is 16.6. The van der Waals surface area contributed by atoms with Crippen molar-refractivity contribution >= 4 is 63.1 Å². The SMILES string of the molecule is O=C(CC1C(=O)N(c2ccccc2)C(=S)N1Cc1ccccc1)Nc1ccc(I)cc1. The molecule has 0 spiro atoms. The maximum Gasteiger partial charge on any atom is 0.256 e. The Balaban J connectivity index is 1.58. The minimum atomic E-state index is -0.670. The summed E-state index contributed by atoms with van der Waals surface area (Å²) >= 11 is 7.90. The molecule has 0 radical (unpaired) electrons. The van der Waals surface area contributed by atoms with Crippen LogP contribution in [0.25, 0.3) is 0 Å². The number of carbonyl (C=O) groups excluding carboxylic acids is 2. The van der Waals surface area contributed by atoms with Crippen LogP contribution in [0.2, 0.25) is 0 Å². The van der Waals surface area contributed by atoms with Crippen LogP contribution in [-0.2, 0) is 16.1 Å². The highest BCUT2D eigenvalue weighted by Gasteiger charge is 2.44. The summed E-state index contributed by atoms with van der Waals surface area (Å²) in [7, 11) is 0. The Morgan fingerprint density at radius 2 is 1.55 bits per heavy atom. The molecule has 1 fully saturated rings. The Bertz CT molecular complexity index is 1090. The first-order valence-electron chi connectivity index (χ1n) is 9.82. The Kier molecular flexibility index (Phi) is 6.62. The molecular formula is C24H20IN3O2S. The molecule has 0 saturated carbocycles. The molecule has 1 heterocycles. The molecule has 1 atom stereocenters. The number of amides is 2. The van der Waals surface area contributed by atoms with E-state index in [2.05, 4.69) is 27.9 Å². The van der Waals surface area contributed by atoms with Gasteiger partial charge in [0.05, 0.1) is 12.1 Å². The van der Waals surface area contributed by atoms with Gasteiger partial charge in [-0.15, -0.1) is 0 Å². The fourth-order valence-electron chi connectivity index (χ4n) is 3.53. The Hall–Kier alpha value is -2.78. The number of thiocarbonyl (C=S) groups is 1. The van der Waals surface area contributed by atoms with Crippen molar-refractivity contribution in [3.05, 3.63) is 94.1 Å². The third-order valence-corrected chi connectivity index (χ3v) is 6.17. The van der Waals surface area contributed by atoms with Crippen molar-refractivity contribution in [2.45, 2.75) is 19.0 Å². The summed E-state index contributed by atoms with van der Waals surface area (Å²) < 4.78 is 1.08. The average Bonchev–Trinajstić information content (AvgIpc) is 3.00. The maximum atomic E-state index is 13.4. The van der Waals surface area contributed by atoms with E-state index in [9.17, 15) is 9.59 Å². The summed E-state index contributed by atoms with van der Waals surface area (Å²) in [5.41, 5.74) is 2.43. The zero-order chi connectivity index (χ0) is 21.8. The molecule has 2 amide bonds. The van der Waals surface area contributed by atoms with E-state index < -0.39 is 6.04 Å². The normalized spacial score (nSPS) is 16.0. The van der Waals surface area contributed by atoms with E-state index in [1.807, 2.05) is 89.8 Å². The van der Waals surface area contributed by atoms with Crippen LogP contribution >= 0.6 is 34.8 Å². The summed E-state index contributed by atoms with van der Waals surface area (Å²) in [6, 6.07) is 26.0. The number of anilines is 2. The number of halogens is 1. The second-order valence-corrected chi connectivity index (χ2v) is 8.79. The second kappa shape index (κ2) is 9.57. The molecule has 0 aliphatic carbocycles. The fourth-order valence-corrected chi connectivity index (χ4v) is 4.28. The molecule has 1 aliphatic heterocycles. The quantitative estimate of drug-likeness (QED) is 0.359. The van der Waals surface area contributed by atoms with Crippen molar-refractivity contribution in [3.63, 3.8) is 0 Å². The highest BCUT2D eigenvalue weighted by Crippen LogP contribution is 2.28. The van der Waals surface area contributed by atoms with Crippen molar-refractivity contribution < 1.29 is 9.59 Å². The van der Waals surface area contributed by atoms with Gasteiger partial charge >= 0.3 is 0 Å². The summed E-state index contributed by atoms with van der Waals surface area (Å²) in [5.74, 6) is -0.416. The monoisotopic (exact) mass is 541 g/mol. The number of para-hydroxylation sites is 1. The molecule has 5 nitrogen and oxygen atoms in total. The Morgan fingerprint density at radius 1 is 0.935 bits per heavy atom. The first kappa shape index (κ1) is 21.5. The van der Waals surface area contributed by atoms with Gasteiger partial charge < -0.3 is 10.2 Å². The molecule has 0 bridgehead atoms. The van der Waals surface area contributed by atoms with Crippen molar-refractivity contribution in [2.24, 2.45) is 0 Å². The van der Waals surface area contributed by atoms with Gasteiger partial charge in [0.25, 0.3) is 5.91 Å². The molecule has 1 saturated heterocycles. The van der Waals surface area contributed by atoms with Crippen LogP contribution in [0.1, 0.15) is 12.0 Å². The maximum absolute atomic E-state index is 13.4. The van der Waals surface area contributed by atoms with Crippen LogP contribution in [0, 0.1) is 3.57 Å². The Morgan fingerprint density at radius 3 is 2.19 bits per heavy atom. The lowest BCUT2D eigenvalue weighted by Gasteiger charge is -2.24. The summed E-state index contributed by atoms with van der Waals surface area (Å²) in [6.07, 6.45) is 0.0150. The van der Waals surface area contributed by atoms with E-state index in [4.69, 9.17) is 12.2 Å². The standard InChI is InChI=1S/C24H20IN3O2S/c25-18-11-13-19(14-12-18)26-22(29)15-21-23(30)28(20-9-5-2-6-10-20)24(31)27(21)16-17-7-3-1-4-8-17/h1-14,21H,15-16H2,(H,26,29). The number of carbonyl (C=O) groups is 2. The molecular weight excluding hydrogens is 521 g/mol. The molecule has 1 unspecified atom stereocenters. The number of hydrogen-bond donors (Lipinski definition) is 1. The van der Waals surface area contributed by atoms with Crippen LogP contribution in [0.4, 0.5) is 11.4 Å². The minimum absolute atomic E-state index is 0.0150. The van der Waals surface area contributed by atoms with E-state index in [0.29, 0.717) is 23.0 Å². The van der Waals surface area contributed by atoms with E-state index >= 15 is 0 Å². The van der Waals surface area contributed by atoms with Gasteiger partial charge in [-0.2, -0.15) is 0 Å². The van der Waals surface area contributed by atoms with Crippen LogP contribution in [-0.4, -0.2) is 27.9 Å². The van der Waals surface area contributed by atoms with E-state index in [0.717, 1.165) is 9.13 Å². The number of nitrogens with one attached hydrogen (secondary N) is 1. The molecule has 7 heteroatoms. The van der Waals surface area contributed by atoms with Crippen molar-refractivity contribution in [1.29, 1.82) is 0 Å². The third kappa shape index (κ3) is 4.94. The van der Waals surface area contributed by atoms with Gasteiger partial charge in [-0.25, -0.2) is 0 Å². The van der Waals surface area contributed by atoms with Crippen LogP contribution in [0.3, 0.4) is 0 Å². The predicted molar refractivity (Wildman–Crippen MR) is 135 cm³/mol. The lowest BCUT2D eigenvalue weighted by atomic mass is 10.1. The predicted octanol–water partition coefficient (Wildman–Crippen LogP) is 4.82. The smallest absolute Gasteiger partial charge is 0.256 e. The number of nitrogens with zero attached hydrogens (tertiary/aromatic N) is 2. The van der Waals surface area contributed by atoms with Gasteiger partial charge in [0.1, 0.15) is 6.04 Å². The first-order valence-corrected chi connectivity index (χ1v) is 11.3. The van der Waals surface area contributed by atoms with Gasteiger partial charge in [0.2, 0.25) is 5.91 Å². The zero-order valence-corrected chi connectivity index (χ0v) is 19.5. The van der Waals surface area contributed by atoms with Crippen molar-refractivity contribution in [3.8, 4) is 0 Å². The lowest BCUT2D eigenvalue weighted by molar-refractivity contribution is -0.124. The summed E-state index contributed by atoms with van der Waals surface area (Å²) in [6.45, 7) is 0.455. The molecule has 156 valence electrons. The lowest BCUT2D eigenvalue weighted by Crippen LogP contribution is -2.37. The molecule has 1 aliphatic rings. The summed E-state index contributed by atoms with van der Waals surface area (Å²) in [4.78, 5) is 29.5. The minimum Gasteiger partial charge on any atom is -0.332 e. The number of rotatable bonds is 6. The average molecular weight is 541 g/mol. The topological polar surface area (TPSA) is 52.7 Å². The van der Waals surface area contributed by atoms with Crippen molar-refractivity contribution in [1.82, 2.24) is 4.90 Å². The molecule has 3 aromatic rings. The highest BCUT2D eigenvalue weighted by atomic mass is 127. The molecule has 4 rings (SSSR count). The van der Waals surface area contributed by atoms with Gasteiger partial charge in [-0.1, -0.05) is 48.5 Å². The van der Waals surface area contributed by atoms with Crippen LogP contribution in [0.15, 0.2) is 84.9 Å². The van der Waals surface area contributed by atoms with E-state index in [1.165, 1.54) is 4.90 Å². The Labute approximate surface area is 200 Å². The fraction of sp³-hybridized carbons (Fsp3) is 0.125. The van der Waals surface area contributed by atoms with Crippen LogP contribution < -0.4 is 10.2 Å². The van der Waals surface area contributed by atoms with Crippen LogP contribution in [0.5, 0.6) is 0 Å². The molecule has 1 N–H and O–H groups in total. The molecule has 31 heavy (non-hydrogen) atoms. The summed E-state index contributed by atoms with van der Waals surface area (Å²) in [5, 5.41) is 3.30. The molecule has 3 aromatic carbocycles. The van der Waals surface area contributed by atoms with Crippen molar-refractivity contribution in [2.75, 3.05) is 10.2 Å². The number of hydrogen-bond acceptors (Lipinski definition) is 3. The van der Waals surface area contributed by atoms with Gasteiger partial charge in [0, 0.05) is 15.8 Å². The van der Waals surface area contributed by atoms with E-state index in [-0.39, 0.29) is 18.2 Å². The second-order valence-electron chi connectivity index (χ2n) is 7.18.